The summed E-state index contributed by atoms with van der Waals surface area (Å²) in [6.45, 7) is 7.60. The van der Waals surface area contributed by atoms with Crippen LogP contribution in [0.2, 0.25) is 0 Å². The van der Waals surface area contributed by atoms with E-state index in [1.807, 2.05) is 6.92 Å². The van der Waals surface area contributed by atoms with Crippen LogP contribution in [0.1, 0.15) is 32.6 Å². The maximum atomic E-state index is 11.6. The lowest BCUT2D eigenvalue weighted by Gasteiger charge is -2.33. The Morgan fingerprint density at radius 1 is 1.32 bits per heavy atom. The average molecular weight is 268 g/mol. The molecule has 1 amide bonds. The Bertz CT molecular complexity index is 311. The first-order valence-corrected chi connectivity index (χ1v) is 7.48. The first-order chi connectivity index (χ1) is 8.99. The fourth-order valence-electron chi connectivity index (χ4n) is 2.67. The van der Waals surface area contributed by atoms with Crippen molar-refractivity contribution in [2.45, 2.75) is 44.2 Å². The summed E-state index contributed by atoms with van der Waals surface area (Å²) in [5.41, 5.74) is 5.04. The zero-order valence-corrected chi connectivity index (χ0v) is 12.3. The SMILES string of the molecule is CN1CCN(CCCC(C)(NC2CC2)C(N)=O)CC1. The molecule has 5 nitrogen and oxygen atoms in total. The van der Waals surface area contributed by atoms with Crippen molar-refractivity contribution in [3.63, 3.8) is 0 Å². The zero-order valence-electron chi connectivity index (χ0n) is 12.3. The quantitative estimate of drug-likeness (QED) is 0.683. The summed E-state index contributed by atoms with van der Waals surface area (Å²) < 4.78 is 0. The number of rotatable bonds is 7. The fourth-order valence-corrected chi connectivity index (χ4v) is 2.67. The summed E-state index contributed by atoms with van der Waals surface area (Å²) in [6.07, 6.45) is 4.23. The van der Waals surface area contributed by atoms with Crippen LogP contribution in [0.25, 0.3) is 0 Å². The van der Waals surface area contributed by atoms with E-state index < -0.39 is 5.54 Å². The molecule has 0 aromatic rings. The number of nitrogens with zero attached hydrogens (tertiary/aromatic N) is 2. The van der Waals surface area contributed by atoms with Gasteiger partial charge in [0.15, 0.2) is 0 Å². The van der Waals surface area contributed by atoms with Gasteiger partial charge in [0.25, 0.3) is 0 Å². The summed E-state index contributed by atoms with van der Waals surface area (Å²) in [4.78, 5) is 16.5. The zero-order chi connectivity index (χ0) is 13.9. The maximum Gasteiger partial charge on any atom is 0.237 e. The molecule has 19 heavy (non-hydrogen) atoms. The van der Waals surface area contributed by atoms with Gasteiger partial charge in [-0.3, -0.25) is 4.79 Å². The van der Waals surface area contributed by atoms with Gasteiger partial charge in [0.1, 0.15) is 0 Å². The van der Waals surface area contributed by atoms with Crippen molar-refractivity contribution in [3.05, 3.63) is 0 Å². The Kier molecular flexibility index (Phi) is 4.81. The van der Waals surface area contributed by atoms with Gasteiger partial charge in [-0.2, -0.15) is 0 Å². The normalized spacial score (nSPS) is 25.2. The highest BCUT2D eigenvalue weighted by atomic mass is 16.1. The molecule has 1 heterocycles. The maximum absolute atomic E-state index is 11.6. The van der Waals surface area contributed by atoms with Gasteiger partial charge in [-0.1, -0.05) is 0 Å². The molecule has 2 aliphatic rings. The molecule has 0 spiro atoms. The van der Waals surface area contributed by atoms with Crippen LogP contribution >= 0.6 is 0 Å². The van der Waals surface area contributed by atoms with Crippen molar-refractivity contribution in [1.82, 2.24) is 15.1 Å². The minimum absolute atomic E-state index is 0.210. The number of nitrogens with two attached hydrogens (primary N) is 1. The van der Waals surface area contributed by atoms with E-state index in [2.05, 4.69) is 22.2 Å². The summed E-state index contributed by atoms with van der Waals surface area (Å²) in [5, 5.41) is 3.41. The first-order valence-electron chi connectivity index (χ1n) is 7.48. The second-order valence-electron chi connectivity index (χ2n) is 6.36. The first kappa shape index (κ1) is 14.8. The number of carbonyl (C=O) groups is 1. The van der Waals surface area contributed by atoms with Crippen molar-refractivity contribution in [1.29, 1.82) is 0 Å². The van der Waals surface area contributed by atoms with E-state index in [1.165, 1.54) is 12.8 Å². The van der Waals surface area contributed by atoms with Crippen molar-refractivity contribution in [2.24, 2.45) is 5.73 Å². The number of primary amides is 1. The third-order valence-corrected chi connectivity index (χ3v) is 4.39. The minimum Gasteiger partial charge on any atom is -0.368 e. The molecule has 1 aliphatic carbocycles. The van der Waals surface area contributed by atoms with Gasteiger partial charge in [0.05, 0.1) is 5.54 Å². The highest BCUT2D eigenvalue weighted by molar-refractivity contribution is 5.84. The van der Waals surface area contributed by atoms with E-state index in [0.717, 1.165) is 45.6 Å². The molecule has 2 rings (SSSR count). The molecule has 1 saturated heterocycles. The molecule has 0 aromatic carbocycles. The number of likely N-dealkylation sites (N-methyl/N-ethyl adjacent to an activating group) is 1. The van der Waals surface area contributed by atoms with Crippen LogP contribution in [0.4, 0.5) is 0 Å². The average Bonchev–Trinajstić information content (AvgIpc) is 3.15. The Labute approximate surface area is 116 Å². The van der Waals surface area contributed by atoms with Gasteiger partial charge in [0, 0.05) is 32.2 Å². The largest absolute Gasteiger partial charge is 0.368 e. The van der Waals surface area contributed by atoms with Gasteiger partial charge in [0.2, 0.25) is 5.91 Å². The monoisotopic (exact) mass is 268 g/mol. The van der Waals surface area contributed by atoms with Crippen molar-refractivity contribution >= 4 is 5.91 Å². The van der Waals surface area contributed by atoms with Gasteiger partial charge in [-0.25, -0.2) is 0 Å². The summed E-state index contributed by atoms with van der Waals surface area (Å²) in [5.74, 6) is -0.210. The van der Waals surface area contributed by atoms with E-state index in [4.69, 9.17) is 5.73 Å². The third kappa shape index (κ3) is 4.44. The molecule has 1 aliphatic heterocycles. The Hall–Kier alpha value is -0.650. The summed E-state index contributed by atoms with van der Waals surface area (Å²) >= 11 is 0. The lowest BCUT2D eigenvalue weighted by atomic mass is 9.94. The highest BCUT2D eigenvalue weighted by Gasteiger charge is 2.36. The molecular formula is C14H28N4O. The number of hydrogen-bond acceptors (Lipinski definition) is 4. The van der Waals surface area contributed by atoms with E-state index in [9.17, 15) is 4.79 Å². The molecule has 5 heteroatoms. The van der Waals surface area contributed by atoms with E-state index in [1.54, 1.807) is 0 Å². The molecule has 3 N–H and O–H groups in total. The number of piperazine rings is 1. The standard InChI is InChI=1S/C14H28N4O/c1-14(13(15)19,16-12-4-5-12)6-3-7-18-10-8-17(2)9-11-18/h12,16H,3-11H2,1-2H3,(H2,15,19). The molecule has 0 radical (unpaired) electrons. The number of carbonyl (C=O) groups excluding carboxylic acids is 1. The second-order valence-corrected chi connectivity index (χ2v) is 6.36. The van der Waals surface area contributed by atoms with Crippen molar-refractivity contribution in [2.75, 3.05) is 39.8 Å². The predicted octanol–water partition coefficient (Wildman–Crippen LogP) is 0.0100. The second kappa shape index (κ2) is 6.20. The predicted molar refractivity (Wildman–Crippen MR) is 76.9 cm³/mol. The molecule has 110 valence electrons. The van der Waals surface area contributed by atoms with E-state index >= 15 is 0 Å². The van der Waals surface area contributed by atoms with Crippen LogP contribution in [0.3, 0.4) is 0 Å². The number of amides is 1. The Morgan fingerprint density at radius 2 is 1.95 bits per heavy atom. The van der Waals surface area contributed by atoms with Crippen LogP contribution < -0.4 is 11.1 Å². The van der Waals surface area contributed by atoms with Crippen LogP contribution in [0.5, 0.6) is 0 Å². The van der Waals surface area contributed by atoms with E-state index in [0.29, 0.717) is 6.04 Å². The molecule has 2 fully saturated rings. The van der Waals surface area contributed by atoms with Crippen molar-refractivity contribution in [3.8, 4) is 0 Å². The molecule has 1 unspecified atom stereocenters. The van der Waals surface area contributed by atoms with Crippen molar-refractivity contribution < 1.29 is 4.79 Å². The fraction of sp³-hybridized carbons (Fsp3) is 0.929. The topological polar surface area (TPSA) is 61.6 Å². The molecule has 0 bridgehead atoms. The lowest BCUT2D eigenvalue weighted by Crippen LogP contribution is -2.54. The van der Waals surface area contributed by atoms with Gasteiger partial charge < -0.3 is 20.9 Å². The van der Waals surface area contributed by atoms with E-state index in [-0.39, 0.29) is 5.91 Å². The van der Waals surface area contributed by atoms with Crippen LogP contribution in [0.15, 0.2) is 0 Å². The minimum atomic E-state index is -0.520. The number of hydrogen-bond donors (Lipinski definition) is 2. The molecule has 1 saturated carbocycles. The lowest BCUT2D eigenvalue weighted by molar-refractivity contribution is -0.124. The number of nitrogens with one attached hydrogen (secondary N) is 1. The summed E-state index contributed by atoms with van der Waals surface area (Å²) in [6, 6.07) is 0.515. The Morgan fingerprint density at radius 3 is 2.47 bits per heavy atom. The Balaban J connectivity index is 1.71. The molecular weight excluding hydrogens is 240 g/mol. The smallest absolute Gasteiger partial charge is 0.237 e. The van der Waals surface area contributed by atoms with Crippen LogP contribution in [-0.4, -0.2) is 67.1 Å². The molecule has 1 atom stereocenters. The van der Waals surface area contributed by atoms with Gasteiger partial charge in [-0.05, 0) is 46.2 Å². The van der Waals surface area contributed by atoms with Gasteiger partial charge in [-0.15, -0.1) is 0 Å². The third-order valence-electron chi connectivity index (χ3n) is 4.39. The van der Waals surface area contributed by atoms with Gasteiger partial charge >= 0.3 is 0 Å². The summed E-state index contributed by atoms with van der Waals surface area (Å²) in [7, 11) is 2.17. The van der Waals surface area contributed by atoms with Crippen LogP contribution in [-0.2, 0) is 4.79 Å². The highest BCUT2D eigenvalue weighted by Crippen LogP contribution is 2.24. The van der Waals surface area contributed by atoms with Crippen LogP contribution in [0, 0.1) is 0 Å². The molecule has 0 aromatic heterocycles.